The minimum absolute atomic E-state index is 0.765. The standard InChI is InChI=1S/C35H44N6/c1-28-11-16-34(29(2)25-28)40-23-21-38(22-24-40)20-17-36-27-31-26-35(41(37-31)33-9-5-3-6-10-33)30-12-14-32(15-13-30)39-18-7-4-8-19-39/h3,5-6,9-16,25-26,36H,4,7-8,17-24,27H2,1-2H3. The van der Waals surface area contributed by atoms with E-state index in [1.807, 2.05) is 0 Å². The summed E-state index contributed by atoms with van der Waals surface area (Å²) in [5.41, 5.74) is 9.94. The Labute approximate surface area is 245 Å². The van der Waals surface area contributed by atoms with E-state index in [9.17, 15) is 0 Å². The highest BCUT2D eigenvalue weighted by Gasteiger charge is 2.18. The van der Waals surface area contributed by atoms with Crippen LogP contribution in [-0.4, -0.2) is 67.0 Å². The molecule has 0 unspecified atom stereocenters. The lowest BCUT2D eigenvalue weighted by Gasteiger charge is -2.37. The third-order valence-electron chi connectivity index (χ3n) is 8.62. The highest BCUT2D eigenvalue weighted by molar-refractivity contribution is 5.66. The Bertz CT molecular complexity index is 1400. The number of aryl methyl sites for hydroxylation is 2. The summed E-state index contributed by atoms with van der Waals surface area (Å²) in [6.45, 7) is 13.9. The quantitative estimate of drug-likeness (QED) is 0.258. The molecule has 41 heavy (non-hydrogen) atoms. The van der Waals surface area contributed by atoms with Crippen molar-refractivity contribution in [3.05, 3.63) is 95.7 Å². The Morgan fingerprint density at radius 2 is 1.46 bits per heavy atom. The summed E-state index contributed by atoms with van der Waals surface area (Å²) in [5, 5.41) is 8.70. The Morgan fingerprint density at radius 1 is 0.707 bits per heavy atom. The monoisotopic (exact) mass is 548 g/mol. The van der Waals surface area contributed by atoms with E-state index in [4.69, 9.17) is 5.10 Å². The van der Waals surface area contributed by atoms with Crippen LogP contribution < -0.4 is 15.1 Å². The van der Waals surface area contributed by atoms with Crippen molar-refractivity contribution in [2.75, 3.05) is 62.2 Å². The molecule has 214 valence electrons. The van der Waals surface area contributed by atoms with E-state index in [1.165, 1.54) is 60.4 Å². The molecule has 3 heterocycles. The zero-order chi connectivity index (χ0) is 28.0. The molecule has 6 rings (SSSR count). The van der Waals surface area contributed by atoms with Crippen molar-refractivity contribution < 1.29 is 0 Å². The maximum atomic E-state index is 5.03. The predicted molar refractivity (Wildman–Crippen MR) is 171 cm³/mol. The fraction of sp³-hybridized carbons (Fsp3) is 0.400. The van der Waals surface area contributed by atoms with Crippen molar-refractivity contribution in [1.82, 2.24) is 20.0 Å². The van der Waals surface area contributed by atoms with E-state index in [2.05, 4.69) is 117 Å². The van der Waals surface area contributed by atoms with Gasteiger partial charge in [-0.2, -0.15) is 5.10 Å². The van der Waals surface area contributed by atoms with Gasteiger partial charge in [0.25, 0.3) is 0 Å². The summed E-state index contributed by atoms with van der Waals surface area (Å²) in [6, 6.07) is 28.6. The Kier molecular flexibility index (Phi) is 8.68. The molecule has 0 radical (unpaired) electrons. The number of anilines is 2. The summed E-state index contributed by atoms with van der Waals surface area (Å²) in [7, 11) is 0. The second-order valence-corrected chi connectivity index (χ2v) is 11.7. The zero-order valence-electron chi connectivity index (χ0n) is 24.7. The van der Waals surface area contributed by atoms with Gasteiger partial charge in [-0.15, -0.1) is 0 Å². The van der Waals surface area contributed by atoms with Gasteiger partial charge in [-0.3, -0.25) is 4.90 Å². The van der Waals surface area contributed by atoms with Crippen LogP contribution in [0.5, 0.6) is 0 Å². The lowest BCUT2D eigenvalue weighted by Crippen LogP contribution is -2.48. The first-order chi connectivity index (χ1) is 20.1. The van der Waals surface area contributed by atoms with E-state index in [0.29, 0.717) is 0 Å². The van der Waals surface area contributed by atoms with Crippen LogP contribution in [0.1, 0.15) is 36.1 Å². The van der Waals surface area contributed by atoms with Gasteiger partial charge in [0.15, 0.2) is 0 Å². The number of aromatic nitrogens is 2. The van der Waals surface area contributed by atoms with E-state index < -0.39 is 0 Å². The molecular formula is C35H44N6. The average Bonchev–Trinajstić information content (AvgIpc) is 3.45. The number of para-hydroxylation sites is 1. The van der Waals surface area contributed by atoms with Crippen LogP contribution >= 0.6 is 0 Å². The maximum absolute atomic E-state index is 5.03. The van der Waals surface area contributed by atoms with Crippen molar-refractivity contribution >= 4 is 11.4 Å². The Hall–Kier alpha value is -3.61. The van der Waals surface area contributed by atoms with Crippen LogP contribution in [0.3, 0.4) is 0 Å². The van der Waals surface area contributed by atoms with Crippen LogP contribution in [0.25, 0.3) is 16.9 Å². The first kappa shape index (κ1) is 27.6. The highest BCUT2D eigenvalue weighted by atomic mass is 15.3. The fourth-order valence-corrected chi connectivity index (χ4v) is 6.31. The van der Waals surface area contributed by atoms with Crippen LogP contribution in [0.2, 0.25) is 0 Å². The molecule has 6 heteroatoms. The first-order valence-electron chi connectivity index (χ1n) is 15.4. The molecule has 2 fully saturated rings. The Balaban J connectivity index is 1.06. The molecule has 1 aromatic heterocycles. The van der Waals surface area contributed by atoms with E-state index in [-0.39, 0.29) is 0 Å². The molecule has 0 amide bonds. The third kappa shape index (κ3) is 6.66. The SMILES string of the molecule is Cc1ccc(N2CCN(CCNCc3cc(-c4ccc(N5CCCCC5)cc4)n(-c4ccccc4)n3)CC2)c(C)c1. The largest absolute Gasteiger partial charge is 0.372 e. The van der Waals surface area contributed by atoms with Gasteiger partial charge in [-0.1, -0.05) is 48.0 Å². The molecule has 2 saturated heterocycles. The van der Waals surface area contributed by atoms with E-state index in [1.54, 1.807) is 0 Å². The molecule has 0 bridgehead atoms. The number of hydrogen-bond acceptors (Lipinski definition) is 5. The summed E-state index contributed by atoms with van der Waals surface area (Å²) in [4.78, 5) is 7.63. The van der Waals surface area contributed by atoms with Gasteiger partial charge >= 0.3 is 0 Å². The predicted octanol–water partition coefficient (Wildman–Crippen LogP) is 6.06. The highest BCUT2D eigenvalue weighted by Crippen LogP contribution is 2.28. The van der Waals surface area contributed by atoms with Crippen molar-refractivity contribution in [3.63, 3.8) is 0 Å². The molecule has 0 saturated carbocycles. The lowest BCUT2D eigenvalue weighted by atomic mass is 10.1. The minimum Gasteiger partial charge on any atom is -0.372 e. The molecule has 0 atom stereocenters. The van der Waals surface area contributed by atoms with Gasteiger partial charge in [0.05, 0.1) is 17.1 Å². The number of nitrogens with zero attached hydrogens (tertiary/aromatic N) is 5. The Morgan fingerprint density at radius 3 is 2.20 bits per heavy atom. The van der Waals surface area contributed by atoms with Gasteiger partial charge in [0.1, 0.15) is 0 Å². The van der Waals surface area contributed by atoms with Gasteiger partial charge in [-0.05, 0) is 75.1 Å². The van der Waals surface area contributed by atoms with Crippen LogP contribution in [0.15, 0.2) is 78.9 Å². The summed E-state index contributed by atoms with van der Waals surface area (Å²) < 4.78 is 2.10. The van der Waals surface area contributed by atoms with Crippen molar-refractivity contribution in [2.45, 2.75) is 39.7 Å². The number of piperidine rings is 1. The summed E-state index contributed by atoms with van der Waals surface area (Å²) in [5.74, 6) is 0. The van der Waals surface area contributed by atoms with Crippen molar-refractivity contribution in [2.24, 2.45) is 0 Å². The molecule has 0 spiro atoms. The number of rotatable bonds is 9. The molecule has 6 nitrogen and oxygen atoms in total. The van der Waals surface area contributed by atoms with Crippen LogP contribution in [0, 0.1) is 13.8 Å². The molecule has 2 aliphatic rings. The lowest BCUT2D eigenvalue weighted by molar-refractivity contribution is 0.257. The van der Waals surface area contributed by atoms with E-state index in [0.717, 1.165) is 62.9 Å². The smallest absolute Gasteiger partial charge is 0.0773 e. The number of piperazine rings is 1. The normalized spacial score (nSPS) is 16.3. The van der Waals surface area contributed by atoms with Crippen molar-refractivity contribution in [3.8, 4) is 16.9 Å². The summed E-state index contributed by atoms with van der Waals surface area (Å²) in [6.07, 6.45) is 3.94. The minimum atomic E-state index is 0.765. The number of hydrogen-bond donors (Lipinski definition) is 1. The number of nitrogens with one attached hydrogen (secondary N) is 1. The first-order valence-corrected chi connectivity index (χ1v) is 15.4. The summed E-state index contributed by atoms with van der Waals surface area (Å²) >= 11 is 0. The third-order valence-corrected chi connectivity index (χ3v) is 8.62. The molecule has 0 aliphatic carbocycles. The molecule has 3 aromatic carbocycles. The molecular weight excluding hydrogens is 504 g/mol. The molecule has 1 N–H and O–H groups in total. The topological polar surface area (TPSA) is 39.6 Å². The molecule has 2 aliphatic heterocycles. The van der Waals surface area contributed by atoms with E-state index >= 15 is 0 Å². The van der Waals surface area contributed by atoms with Gasteiger partial charge in [0, 0.05) is 75.8 Å². The van der Waals surface area contributed by atoms with Gasteiger partial charge in [0.2, 0.25) is 0 Å². The zero-order valence-corrected chi connectivity index (χ0v) is 24.7. The van der Waals surface area contributed by atoms with Crippen LogP contribution in [0.4, 0.5) is 11.4 Å². The molecule has 4 aromatic rings. The second kappa shape index (κ2) is 12.9. The van der Waals surface area contributed by atoms with Crippen molar-refractivity contribution in [1.29, 1.82) is 0 Å². The fourth-order valence-electron chi connectivity index (χ4n) is 6.31. The van der Waals surface area contributed by atoms with Gasteiger partial charge in [-0.25, -0.2) is 4.68 Å². The van der Waals surface area contributed by atoms with Gasteiger partial charge < -0.3 is 15.1 Å². The average molecular weight is 549 g/mol. The number of benzene rings is 3. The van der Waals surface area contributed by atoms with Crippen LogP contribution in [-0.2, 0) is 6.54 Å². The second-order valence-electron chi connectivity index (χ2n) is 11.7. The maximum Gasteiger partial charge on any atom is 0.0773 e.